The summed E-state index contributed by atoms with van der Waals surface area (Å²) in [5.74, 6) is 0.741. The second kappa shape index (κ2) is 5.15. The fourth-order valence-electron chi connectivity index (χ4n) is 1.35. The molecule has 0 N–H and O–H groups in total. The molecule has 2 rings (SSSR count). The molecule has 4 heteroatoms. The molecule has 80 valence electrons. The smallest absolute Gasteiger partial charge is 0.189 e. The topological polar surface area (TPSA) is 40.9 Å². The standard InChI is InChI=1S/C12H9NOS2/c13-6-3-7-15-12-8-10(14)9-4-1-2-5-11(9)16-12/h1-2,4-5,8H,3,7H2. The summed E-state index contributed by atoms with van der Waals surface area (Å²) in [6.07, 6.45) is 0.512. The zero-order chi connectivity index (χ0) is 11.4. The number of rotatable bonds is 3. The minimum atomic E-state index is 0.0637. The molecule has 2 nitrogen and oxygen atoms in total. The third kappa shape index (κ3) is 2.43. The van der Waals surface area contributed by atoms with Crippen molar-refractivity contribution >= 4 is 33.2 Å². The summed E-state index contributed by atoms with van der Waals surface area (Å²) in [5.41, 5.74) is 0.0637. The van der Waals surface area contributed by atoms with Crippen LogP contribution in [0, 0.1) is 11.3 Å². The third-order valence-corrected chi connectivity index (χ3v) is 4.38. The summed E-state index contributed by atoms with van der Waals surface area (Å²) in [6, 6.07) is 11.4. The molecule has 0 unspecified atom stereocenters. The Labute approximate surface area is 102 Å². The Morgan fingerprint density at radius 2 is 2.19 bits per heavy atom. The van der Waals surface area contributed by atoms with E-state index in [4.69, 9.17) is 5.26 Å². The first kappa shape index (κ1) is 11.2. The molecule has 0 saturated heterocycles. The Morgan fingerprint density at radius 3 is 3.00 bits per heavy atom. The van der Waals surface area contributed by atoms with Crippen molar-refractivity contribution in [3.05, 3.63) is 40.6 Å². The van der Waals surface area contributed by atoms with Crippen LogP contribution >= 0.6 is 23.1 Å². The highest BCUT2D eigenvalue weighted by molar-refractivity contribution is 8.01. The Morgan fingerprint density at radius 1 is 1.38 bits per heavy atom. The van der Waals surface area contributed by atoms with Gasteiger partial charge >= 0.3 is 0 Å². The van der Waals surface area contributed by atoms with Gasteiger partial charge in [-0.05, 0) is 12.1 Å². The van der Waals surface area contributed by atoms with E-state index in [1.807, 2.05) is 24.3 Å². The molecule has 0 aliphatic rings. The minimum Gasteiger partial charge on any atom is -0.289 e. The second-order valence-corrected chi connectivity index (χ2v) is 5.66. The molecular formula is C12H9NOS2. The fraction of sp³-hybridized carbons (Fsp3) is 0.167. The van der Waals surface area contributed by atoms with Crippen LogP contribution in [0.3, 0.4) is 0 Å². The van der Waals surface area contributed by atoms with Crippen molar-refractivity contribution in [1.29, 1.82) is 5.26 Å². The van der Waals surface area contributed by atoms with Crippen LogP contribution in [-0.4, -0.2) is 5.75 Å². The minimum absolute atomic E-state index is 0.0637. The van der Waals surface area contributed by atoms with Gasteiger partial charge in [0.25, 0.3) is 0 Å². The van der Waals surface area contributed by atoms with E-state index >= 15 is 0 Å². The van der Waals surface area contributed by atoms with E-state index in [1.165, 1.54) is 0 Å². The van der Waals surface area contributed by atoms with Gasteiger partial charge in [0.2, 0.25) is 0 Å². The van der Waals surface area contributed by atoms with Crippen LogP contribution < -0.4 is 5.43 Å². The van der Waals surface area contributed by atoms with Crippen LogP contribution in [0.15, 0.2) is 39.3 Å². The highest BCUT2D eigenvalue weighted by Gasteiger charge is 2.02. The van der Waals surface area contributed by atoms with Gasteiger partial charge in [0.15, 0.2) is 5.43 Å². The maximum Gasteiger partial charge on any atom is 0.189 e. The van der Waals surface area contributed by atoms with Crippen LogP contribution in [0.1, 0.15) is 6.42 Å². The second-order valence-electron chi connectivity index (χ2n) is 3.18. The first-order valence-electron chi connectivity index (χ1n) is 4.84. The molecule has 0 saturated carbocycles. The number of hydrogen-bond acceptors (Lipinski definition) is 4. The molecule has 16 heavy (non-hydrogen) atoms. The number of benzene rings is 1. The van der Waals surface area contributed by atoms with Crippen molar-refractivity contribution in [3.8, 4) is 6.07 Å². The molecule has 1 aromatic heterocycles. The van der Waals surface area contributed by atoms with Crippen molar-refractivity contribution < 1.29 is 0 Å². The average molecular weight is 247 g/mol. The molecule has 2 aromatic rings. The van der Waals surface area contributed by atoms with E-state index in [0.717, 1.165) is 20.0 Å². The fourth-order valence-corrected chi connectivity index (χ4v) is 3.50. The zero-order valence-corrected chi connectivity index (χ0v) is 10.1. The molecule has 1 heterocycles. The maximum atomic E-state index is 11.8. The van der Waals surface area contributed by atoms with Crippen LogP contribution in [0.4, 0.5) is 0 Å². The Hall–Kier alpha value is -1.31. The van der Waals surface area contributed by atoms with E-state index in [9.17, 15) is 4.79 Å². The first-order chi connectivity index (χ1) is 7.81. The quantitative estimate of drug-likeness (QED) is 0.617. The molecule has 0 spiro atoms. The van der Waals surface area contributed by atoms with E-state index in [0.29, 0.717) is 6.42 Å². The molecule has 0 atom stereocenters. The normalized spacial score (nSPS) is 10.2. The van der Waals surface area contributed by atoms with Crippen molar-refractivity contribution in [3.63, 3.8) is 0 Å². The molecule has 0 bridgehead atoms. The lowest BCUT2D eigenvalue weighted by Gasteiger charge is -2.00. The van der Waals surface area contributed by atoms with E-state index in [1.54, 1.807) is 29.2 Å². The Balaban J connectivity index is 2.35. The Kier molecular flexibility index (Phi) is 3.60. The summed E-state index contributed by atoms with van der Waals surface area (Å²) >= 11 is 3.18. The highest BCUT2D eigenvalue weighted by Crippen LogP contribution is 2.27. The number of thioether (sulfide) groups is 1. The molecule has 0 aliphatic carbocycles. The van der Waals surface area contributed by atoms with E-state index in [2.05, 4.69) is 6.07 Å². The van der Waals surface area contributed by atoms with Gasteiger partial charge in [-0.3, -0.25) is 4.79 Å². The summed E-state index contributed by atoms with van der Waals surface area (Å²) < 4.78 is 1.99. The molecule has 0 amide bonds. The summed E-state index contributed by atoms with van der Waals surface area (Å²) in [6.45, 7) is 0. The van der Waals surface area contributed by atoms with E-state index in [-0.39, 0.29) is 5.43 Å². The number of nitriles is 1. The van der Waals surface area contributed by atoms with Crippen molar-refractivity contribution in [2.24, 2.45) is 0 Å². The van der Waals surface area contributed by atoms with Crippen LogP contribution in [0.5, 0.6) is 0 Å². The summed E-state index contributed by atoms with van der Waals surface area (Å²) in [5, 5.41) is 9.22. The van der Waals surface area contributed by atoms with Crippen molar-refractivity contribution in [1.82, 2.24) is 0 Å². The first-order valence-corrected chi connectivity index (χ1v) is 6.64. The number of hydrogen-bond donors (Lipinski definition) is 0. The van der Waals surface area contributed by atoms with Gasteiger partial charge in [0.05, 0.1) is 10.3 Å². The van der Waals surface area contributed by atoms with Crippen molar-refractivity contribution in [2.75, 3.05) is 5.75 Å². The molecular weight excluding hydrogens is 238 g/mol. The zero-order valence-electron chi connectivity index (χ0n) is 8.47. The SMILES string of the molecule is N#CCCSc1cc(=O)c2ccccc2s1. The molecule has 0 radical (unpaired) electrons. The molecule has 0 fully saturated rings. The van der Waals surface area contributed by atoms with Gasteiger partial charge < -0.3 is 0 Å². The van der Waals surface area contributed by atoms with E-state index < -0.39 is 0 Å². The van der Waals surface area contributed by atoms with Gasteiger partial charge in [-0.25, -0.2) is 0 Å². The largest absolute Gasteiger partial charge is 0.289 e. The number of fused-ring (bicyclic) bond motifs is 1. The van der Waals surface area contributed by atoms with Crippen molar-refractivity contribution in [2.45, 2.75) is 10.6 Å². The van der Waals surface area contributed by atoms with Gasteiger partial charge in [0.1, 0.15) is 0 Å². The molecule has 0 aliphatic heterocycles. The van der Waals surface area contributed by atoms with Crippen LogP contribution in [-0.2, 0) is 0 Å². The third-order valence-electron chi connectivity index (χ3n) is 2.07. The lowest BCUT2D eigenvalue weighted by molar-refractivity contribution is 1.24. The predicted molar refractivity (Wildman–Crippen MR) is 69.0 cm³/mol. The lowest BCUT2D eigenvalue weighted by atomic mass is 10.2. The lowest BCUT2D eigenvalue weighted by Crippen LogP contribution is -1.97. The van der Waals surface area contributed by atoms with Gasteiger partial charge in [-0.15, -0.1) is 23.1 Å². The van der Waals surface area contributed by atoms with Gasteiger partial charge in [-0.1, -0.05) is 12.1 Å². The number of nitrogens with zero attached hydrogens (tertiary/aromatic N) is 1. The van der Waals surface area contributed by atoms with Crippen LogP contribution in [0.2, 0.25) is 0 Å². The average Bonchev–Trinajstić information content (AvgIpc) is 2.30. The molecule has 1 aromatic carbocycles. The van der Waals surface area contributed by atoms with Gasteiger partial charge in [-0.2, -0.15) is 5.26 Å². The van der Waals surface area contributed by atoms with Crippen LogP contribution in [0.25, 0.3) is 10.1 Å². The monoisotopic (exact) mass is 247 g/mol. The predicted octanol–water partition coefficient (Wildman–Crippen LogP) is 3.27. The van der Waals surface area contributed by atoms with Gasteiger partial charge in [0, 0.05) is 28.3 Å². The Bertz CT molecular complexity index is 598. The maximum absolute atomic E-state index is 11.8. The summed E-state index contributed by atoms with van der Waals surface area (Å²) in [4.78, 5) is 11.8. The summed E-state index contributed by atoms with van der Waals surface area (Å²) in [7, 11) is 0. The highest BCUT2D eigenvalue weighted by atomic mass is 32.2.